The molecule has 1 unspecified atom stereocenters. The van der Waals surface area contributed by atoms with E-state index in [0.717, 1.165) is 22.4 Å². The molecule has 1 saturated heterocycles. The van der Waals surface area contributed by atoms with E-state index in [4.69, 9.17) is 9.47 Å². The van der Waals surface area contributed by atoms with E-state index in [-0.39, 0.29) is 18.2 Å². The van der Waals surface area contributed by atoms with Crippen LogP contribution in [0.3, 0.4) is 0 Å². The number of rotatable bonds is 6. The van der Waals surface area contributed by atoms with Gasteiger partial charge in [0, 0.05) is 50.2 Å². The number of ether oxygens (including phenoxy) is 2. The second kappa shape index (κ2) is 9.55. The van der Waals surface area contributed by atoms with E-state index in [1.807, 2.05) is 66.4 Å². The van der Waals surface area contributed by atoms with Crippen molar-refractivity contribution in [3.8, 4) is 11.5 Å². The summed E-state index contributed by atoms with van der Waals surface area (Å²) in [4.78, 5) is 34.3. The van der Waals surface area contributed by atoms with Crippen molar-refractivity contribution in [1.29, 1.82) is 0 Å². The zero-order chi connectivity index (χ0) is 23.5. The largest absolute Gasteiger partial charge is 0.486 e. The van der Waals surface area contributed by atoms with Gasteiger partial charge in [-0.15, -0.1) is 0 Å². The van der Waals surface area contributed by atoms with Crippen LogP contribution in [0.15, 0.2) is 67.0 Å². The molecular formula is C27H27N3O4. The maximum Gasteiger partial charge on any atom is 0.228 e. The fourth-order valence-electron chi connectivity index (χ4n) is 4.50. The molecule has 1 atom stereocenters. The standard InChI is InChI=1S/C27H27N3O4/c1-19-5-2-3-7-21(19)17-29(16-20-6-4-10-28-15-20)27(32)22-13-26(31)30(18-22)23-8-9-24-25(14-23)34-12-11-33-24/h2-10,14-15,22H,11-13,16-18H2,1H3. The summed E-state index contributed by atoms with van der Waals surface area (Å²) in [6.07, 6.45) is 3.68. The lowest BCUT2D eigenvalue weighted by atomic mass is 10.0. The summed E-state index contributed by atoms with van der Waals surface area (Å²) in [5.41, 5.74) is 3.90. The number of carbonyl (C=O) groups is 2. The zero-order valence-corrected chi connectivity index (χ0v) is 19.1. The van der Waals surface area contributed by atoms with Crippen molar-refractivity contribution < 1.29 is 19.1 Å². The number of hydrogen-bond donors (Lipinski definition) is 0. The van der Waals surface area contributed by atoms with Gasteiger partial charge in [-0.25, -0.2) is 0 Å². The average molecular weight is 458 g/mol. The van der Waals surface area contributed by atoms with Crippen LogP contribution in [-0.2, 0) is 22.7 Å². The van der Waals surface area contributed by atoms with Crippen LogP contribution in [0.2, 0.25) is 0 Å². The molecule has 5 rings (SSSR count). The maximum absolute atomic E-state index is 13.7. The van der Waals surface area contributed by atoms with Crippen molar-refractivity contribution in [3.05, 3.63) is 83.7 Å². The van der Waals surface area contributed by atoms with Crippen LogP contribution in [0.1, 0.15) is 23.1 Å². The molecule has 7 heteroatoms. The molecule has 0 N–H and O–H groups in total. The van der Waals surface area contributed by atoms with Gasteiger partial charge < -0.3 is 19.3 Å². The number of aromatic nitrogens is 1. The lowest BCUT2D eigenvalue weighted by molar-refractivity contribution is -0.137. The molecule has 174 valence electrons. The van der Waals surface area contributed by atoms with Gasteiger partial charge in [0.05, 0.1) is 5.92 Å². The van der Waals surface area contributed by atoms with Crippen molar-refractivity contribution in [3.63, 3.8) is 0 Å². The van der Waals surface area contributed by atoms with E-state index < -0.39 is 5.92 Å². The van der Waals surface area contributed by atoms with Gasteiger partial charge >= 0.3 is 0 Å². The van der Waals surface area contributed by atoms with E-state index in [9.17, 15) is 9.59 Å². The van der Waals surface area contributed by atoms with Crippen molar-refractivity contribution in [2.24, 2.45) is 5.92 Å². The first-order chi connectivity index (χ1) is 16.6. The van der Waals surface area contributed by atoms with Gasteiger partial charge in [-0.2, -0.15) is 0 Å². The van der Waals surface area contributed by atoms with Crippen LogP contribution >= 0.6 is 0 Å². The Bertz CT molecular complexity index is 1200. The van der Waals surface area contributed by atoms with Crippen LogP contribution in [0.4, 0.5) is 5.69 Å². The Morgan fingerprint density at radius 1 is 1.06 bits per heavy atom. The Kier molecular flexibility index (Phi) is 6.16. The molecule has 0 spiro atoms. The first kappa shape index (κ1) is 21.9. The summed E-state index contributed by atoms with van der Waals surface area (Å²) in [6, 6.07) is 17.4. The van der Waals surface area contributed by atoms with E-state index in [2.05, 4.69) is 4.98 Å². The highest BCUT2D eigenvalue weighted by Gasteiger charge is 2.37. The van der Waals surface area contributed by atoms with Gasteiger partial charge in [-0.3, -0.25) is 14.6 Å². The van der Waals surface area contributed by atoms with Crippen LogP contribution in [0.25, 0.3) is 0 Å². The van der Waals surface area contributed by atoms with Crippen molar-refractivity contribution >= 4 is 17.5 Å². The van der Waals surface area contributed by atoms with Crippen molar-refractivity contribution in [1.82, 2.24) is 9.88 Å². The lowest BCUT2D eigenvalue weighted by Crippen LogP contribution is -2.37. The quantitative estimate of drug-likeness (QED) is 0.564. The minimum atomic E-state index is -0.415. The second-order valence-electron chi connectivity index (χ2n) is 8.72. The maximum atomic E-state index is 13.7. The Morgan fingerprint density at radius 2 is 1.88 bits per heavy atom. The van der Waals surface area contributed by atoms with Gasteiger partial charge in [-0.05, 0) is 41.8 Å². The van der Waals surface area contributed by atoms with Crippen LogP contribution in [0.5, 0.6) is 11.5 Å². The number of anilines is 1. The van der Waals surface area contributed by atoms with Gasteiger partial charge in [0.15, 0.2) is 11.5 Å². The van der Waals surface area contributed by atoms with Crippen LogP contribution < -0.4 is 14.4 Å². The molecule has 2 aliphatic rings. The minimum Gasteiger partial charge on any atom is -0.486 e. The third-order valence-electron chi connectivity index (χ3n) is 6.34. The number of pyridine rings is 1. The lowest BCUT2D eigenvalue weighted by Gasteiger charge is -2.27. The molecule has 1 fully saturated rings. The summed E-state index contributed by atoms with van der Waals surface area (Å²) in [5, 5.41) is 0. The van der Waals surface area contributed by atoms with Crippen molar-refractivity contribution in [2.75, 3.05) is 24.7 Å². The number of benzene rings is 2. The van der Waals surface area contributed by atoms with E-state index in [1.165, 1.54) is 0 Å². The zero-order valence-electron chi connectivity index (χ0n) is 19.1. The fourth-order valence-corrected chi connectivity index (χ4v) is 4.50. The highest BCUT2D eigenvalue weighted by atomic mass is 16.6. The number of amides is 2. The molecule has 0 aliphatic carbocycles. The fraction of sp³-hybridized carbons (Fsp3) is 0.296. The van der Waals surface area contributed by atoms with Gasteiger partial charge in [0.2, 0.25) is 11.8 Å². The average Bonchev–Trinajstić information content (AvgIpc) is 3.26. The molecular weight excluding hydrogens is 430 g/mol. The molecule has 3 heterocycles. The highest BCUT2D eigenvalue weighted by Crippen LogP contribution is 2.36. The Labute approximate surface area is 198 Å². The summed E-state index contributed by atoms with van der Waals surface area (Å²) in [7, 11) is 0. The predicted molar refractivity (Wildman–Crippen MR) is 128 cm³/mol. The number of hydrogen-bond acceptors (Lipinski definition) is 5. The Morgan fingerprint density at radius 3 is 2.68 bits per heavy atom. The van der Waals surface area contributed by atoms with Gasteiger partial charge in [0.25, 0.3) is 0 Å². The topological polar surface area (TPSA) is 72.0 Å². The number of carbonyl (C=O) groups excluding carboxylic acids is 2. The molecule has 34 heavy (non-hydrogen) atoms. The Balaban J connectivity index is 1.36. The molecule has 1 aromatic heterocycles. The van der Waals surface area contributed by atoms with Crippen molar-refractivity contribution in [2.45, 2.75) is 26.4 Å². The summed E-state index contributed by atoms with van der Waals surface area (Å²) in [6.45, 7) is 4.30. The van der Waals surface area contributed by atoms with E-state index in [1.54, 1.807) is 17.3 Å². The third kappa shape index (κ3) is 4.59. The molecule has 2 aliphatic heterocycles. The highest BCUT2D eigenvalue weighted by molar-refractivity contribution is 6.00. The first-order valence-electron chi connectivity index (χ1n) is 11.5. The van der Waals surface area contributed by atoms with Crippen LogP contribution in [-0.4, -0.2) is 41.5 Å². The normalized spacial score (nSPS) is 17.0. The molecule has 7 nitrogen and oxygen atoms in total. The molecule has 0 radical (unpaired) electrons. The number of fused-ring (bicyclic) bond motifs is 1. The molecule has 0 bridgehead atoms. The summed E-state index contributed by atoms with van der Waals surface area (Å²) < 4.78 is 11.3. The second-order valence-corrected chi connectivity index (χ2v) is 8.72. The SMILES string of the molecule is Cc1ccccc1CN(Cc1cccnc1)C(=O)C1CC(=O)N(c2ccc3c(c2)OCCO3)C1. The third-order valence-corrected chi connectivity index (χ3v) is 6.34. The number of nitrogens with zero attached hydrogens (tertiary/aromatic N) is 3. The monoisotopic (exact) mass is 457 g/mol. The minimum absolute atomic E-state index is 0.0273. The first-order valence-corrected chi connectivity index (χ1v) is 11.5. The smallest absolute Gasteiger partial charge is 0.228 e. The molecule has 2 aromatic carbocycles. The summed E-state index contributed by atoms with van der Waals surface area (Å²) in [5.74, 6) is 0.799. The molecule has 0 saturated carbocycles. The number of aryl methyl sites for hydroxylation is 1. The van der Waals surface area contributed by atoms with Crippen LogP contribution in [0, 0.1) is 12.8 Å². The predicted octanol–water partition coefficient (Wildman–Crippen LogP) is 3.74. The summed E-state index contributed by atoms with van der Waals surface area (Å²) >= 11 is 0. The van der Waals surface area contributed by atoms with Gasteiger partial charge in [-0.1, -0.05) is 30.3 Å². The van der Waals surface area contributed by atoms with E-state index >= 15 is 0 Å². The molecule has 2 amide bonds. The van der Waals surface area contributed by atoms with Gasteiger partial charge in [0.1, 0.15) is 13.2 Å². The molecule has 3 aromatic rings. The Hall–Kier alpha value is -3.87. The van der Waals surface area contributed by atoms with E-state index in [0.29, 0.717) is 44.3 Å².